The zero-order chi connectivity index (χ0) is 10.9. The van der Waals surface area contributed by atoms with Gasteiger partial charge in [0.1, 0.15) is 0 Å². The minimum absolute atomic E-state index is 0.0207. The predicted octanol–water partition coefficient (Wildman–Crippen LogP) is 0.920. The van der Waals surface area contributed by atoms with E-state index in [0.29, 0.717) is 0 Å². The molecule has 0 heterocycles. The van der Waals surface area contributed by atoms with Crippen LogP contribution in [-0.4, -0.2) is 24.0 Å². The molecule has 5 nitrogen and oxygen atoms in total. The van der Waals surface area contributed by atoms with Crippen molar-refractivity contribution in [1.82, 2.24) is 0 Å². The Hall–Kier alpha value is -1.05. The van der Waals surface area contributed by atoms with Gasteiger partial charge in [-0.1, -0.05) is 0 Å². The van der Waals surface area contributed by atoms with E-state index < -0.39 is 16.1 Å². The van der Waals surface area contributed by atoms with Gasteiger partial charge in [-0.2, -0.15) is 8.42 Å². The number of benzene rings is 1. The Bertz CT molecular complexity index is 477. The fourth-order valence-electron chi connectivity index (χ4n) is 0.853. The summed E-state index contributed by atoms with van der Waals surface area (Å²) in [5.41, 5.74) is -0.124. The maximum absolute atomic E-state index is 10.6. The van der Waals surface area contributed by atoms with Crippen LogP contribution in [0.25, 0.3) is 0 Å². The molecule has 7 heteroatoms. The number of rotatable bonds is 2. The SMILES string of the molecule is O=C(O)c1ccc(S(=O)(=O)O)cc1S. The van der Waals surface area contributed by atoms with Crippen molar-refractivity contribution < 1.29 is 22.9 Å². The Morgan fingerprint density at radius 2 is 1.93 bits per heavy atom. The van der Waals surface area contributed by atoms with Crippen LogP contribution in [0.4, 0.5) is 0 Å². The molecule has 1 rings (SSSR count). The molecular weight excluding hydrogens is 228 g/mol. The van der Waals surface area contributed by atoms with Crippen LogP contribution in [0.2, 0.25) is 0 Å². The van der Waals surface area contributed by atoms with Crippen LogP contribution in [0.1, 0.15) is 10.4 Å². The molecular formula is C7H6O5S2. The average molecular weight is 234 g/mol. The van der Waals surface area contributed by atoms with Gasteiger partial charge in [-0.3, -0.25) is 4.55 Å². The third-order valence-electron chi connectivity index (χ3n) is 1.50. The quantitative estimate of drug-likeness (QED) is 0.522. The van der Waals surface area contributed by atoms with Crippen molar-refractivity contribution in [3.05, 3.63) is 23.8 Å². The van der Waals surface area contributed by atoms with E-state index in [1.54, 1.807) is 0 Å². The Morgan fingerprint density at radius 3 is 2.29 bits per heavy atom. The Morgan fingerprint density at radius 1 is 1.36 bits per heavy atom. The van der Waals surface area contributed by atoms with Crippen LogP contribution >= 0.6 is 12.6 Å². The fourth-order valence-corrected chi connectivity index (χ4v) is 1.76. The molecule has 0 aliphatic heterocycles. The summed E-state index contributed by atoms with van der Waals surface area (Å²) in [4.78, 5) is 10.1. The second-order valence-corrected chi connectivity index (χ2v) is 4.36. The van der Waals surface area contributed by atoms with Crippen LogP contribution < -0.4 is 0 Å². The summed E-state index contributed by atoms with van der Waals surface area (Å²) in [6.07, 6.45) is 0. The van der Waals surface area contributed by atoms with E-state index in [-0.39, 0.29) is 15.4 Å². The van der Waals surface area contributed by atoms with Gasteiger partial charge < -0.3 is 5.11 Å². The number of carboxylic acid groups (broad SMARTS) is 1. The summed E-state index contributed by atoms with van der Waals surface area (Å²) in [5, 5.41) is 8.60. The van der Waals surface area contributed by atoms with Gasteiger partial charge in [0.25, 0.3) is 10.1 Å². The normalized spacial score (nSPS) is 11.3. The zero-order valence-corrected chi connectivity index (χ0v) is 8.42. The highest BCUT2D eigenvalue weighted by Crippen LogP contribution is 2.18. The summed E-state index contributed by atoms with van der Waals surface area (Å²) >= 11 is 3.78. The lowest BCUT2D eigenvalue weighted by Gasteiger charge is -2.01. The predicted molar refractivity (Wildman–Crippen MR) is 50.5 cm³/mol. The maximum atomic E-state index is 10.6. The smallest absolute Gasteiger partial charge is 0.336 e. The standard InChI is InChI=1S/C7H6O5S2/c8-7(9)5-2-1-4(3-6(5)13)14(10,11)12/h1-3,13H,(H,8,9)(H,10,11,12). The van der Waals surface area contributed by atoms with Gasteiger partial charge in [-0.15, -0.1) is 12.6 Å². The lowest BCUT2D eigenvalue weighted by atomic mass is 10.2. The molecule has 0 fully saturated rings. The summed E-state index contributed by atoms with van der Waals surface area (Å²) in [7, 11) is -4.31. The monoisotopic (exact) mass is 234 g/mol. The topological polar surface area (TPSA) is 91.7 Å². The van der Waals surface area contributed by atoms with Crippen molar-refractivity contribution in [2.24, 2.45) is 0 Å². The number of carbonyl (C=O) groups is 1. The Labute approximate surface area is 85.5 Å². The molecule has 14 heavy (non-hydrogen) atoms. The van der Waals surface area contributed by atoms with Gasteiger partial charge in [-0.05, 0) is 18.2 Å². The molecule has 0 atom stereocenters. The highest BCUT2D eigenvalue weighted by molar-refractivity contribution is 7.86. The summed E-state index contributed by atoms with van der Waals surface area (Å²) < 4.78 is 29.9. The van der Waals surface area contributed by atoms with Crippen molar-refractivity contribution in [2.75, 3.05) is 0 Å². The molecule has 0 spiro atoms. The summed E-state index contributed by atoms with van der Waals surface area (Å²) in [6, 6.07) is 3.04. The van der Waals surface area contributed by atoms with Gasteiger partial charge in [0.05, 0.1) is 10.5 Å². The van der Waals surface area contributed by atoms with E-state index in [0.717, 1.165) is 18.2 Å². The first-order chi connectivity index (χ1) is 6.32. The Kier molecular flexibility index (Phi) is 2.84. The molecule has 2 N–H and O–H groups in total. The number of aromatic carboxylic acids is 1. The van der Waals surface area contributed by atoms with E-state index in [1.807, 2.05) is 0 Å². The molecule has 0 radical (unpaired) electrons. The average Bonchev–Trinajstić information content (AvgIpc) is 2.01. The molecule has 1 aromatic carbocycles. The molecule has 0 saturated carbocycles. The van der Waals surface area contributed by atoms with E-state index in [2.05, 4.69) is 12.6 Å². The highest BCUT2D eigenvalue weighted by Gasteiger charge is 2.14. The van der Waals surface area contributed by atoms with E-state index >= 15 is 0 Å². The van der Waals surface area contributed by atoms with Gasteiger partial charge in [0.15, 0.2) is 0 Å². The molecule has 0 aromatic heterocycles. The van der Waals surface area contributed by atoms with Crippen LogP contribution in [0.3, 0.4) is 0 Å². The van der Waals surface area contributed by atoms with Crippen LogP contribution in [0, 0.1) is 0 Å². The third-order valence-corrected chi connectivity index (χ3v) is 2.72. The van der Waals surface area contributed by atoms with Gasteiger partial charge >= 0.3 is 5.97 Å². The summed E-state index contributed by atoms with van der Waals surface area (Å²) in [6.45, 7) is 0. The minimum Gasteiger partial charge on any atom is -0.478 e. The number of carboxylic acids is 1. The second kappa shape index (κ2) is 3.60. The first-order valence-corrected chi connectivity index (χ1v) is 5.25. The molecule has 0 unspecified atom stereocenters. The molecule has 76 valence electrons. The van der Waals surface area contributed by atoms with E-state index in [9.17, 15) is 13.2 Å². The van der Waals surface area contributed by atoms with Crippen molar-refractivity contribution in [1.29, 1.82) is 0 Å². The maximum Gasteiger partial charge on any atom is 0.336 e. The number of hydrogen-bond acceptors (Lipinski definition) is 4. The number of hydrogen-bond donors (Lipinski definition) is 3. The van der Waals surface area contributed by atoms with Crippen molar-refractivity contribution >= 4 is 28.7 Å². The van der Waals surface area contributed by atoms with Gasteiger partial charge in [0, 0.05) is 4.90 Å². The van der Waals surface area contributed by atoms with Gasteiger partial charge in [-0.25, -0.2) is 4.79 Å². The van der Waals surface area contributed by atoms with E-state index in [4.69, 9.17) is 9.66 Å². The molecule has 0 aliphatic carbocycles. The van der Waals surface area contributed by atoms with Gasteiger partial charge in [0.2, 0.25) is 0 Å². The lowest BCUT2D eigenvalue weighted by molar-refractivity contribution is 0.0693. The van der Waals surface area contributed by atoms with Crippen LogP contribution in [-0.2, 0) is 10.1 Å². The molecule has 0 amide bonds. The molecule has 0 bridgehead atoms. The van der Waals surface area contributed by atoms with Crippen molar-refractivity contribution in [3.8, 4) is 0 Å². The third kappa shape index (κ3) is 2.25. The highest BCUT2D eigenvalue weighted by atomic mass is 32.2. The second-order valence-electron chi connectivity index (χ2n) is 2.46. The first-order valence-electron chi connectivity index (χ1n) is 3.36. The van der Waals surface area contributed by atoms with Crippen molar-refractivity contribution in [3.63, 3.8) is 0 Å². The first kappa shape index (κ1) is 11.0. The minimum atomic E-state index is -4.31. The lowest BCUT2D eigenvalue weighted by Crippen LogP contribution is -2.02. The van der Waals surface area contributed by atoms with Crippen molar-refractivity contribution in [2.45, 2.75) is 9.79 Å². The molecule has 0 aliphatic rings. The molecule has 0 saturated heterocycles. The Balaban J connectivity index is 3.34. The summed E-state index contributed by atoms with van der Waals surface area (Å²) in [5.74, 6) is -1.21. The molecule has 1 aromatic rings. The largest absolute Gasteiger partial charge is 0.478 e. The van der Waals surface area contributed by atoms with Crippen LogP contribution in [0.5, 0.6) is 0 Å². The van der Waals surface area contributed by atoms with Crippen LogP contribution in [0.15, 0.2) is 28.0 Å². The number of thiol groups is 1. The zero-order valence-electron chi connectivity index (χ0n) is 6.71. The van der Waals surface area contributed by atoms with E-state index in [1.165, 1.54) is 0 Å². The fraction of sp³-hybridized carbons (Fsp3) is 0.